The third-order valence-corrected chi connectivity index (χ3v) is 7.15. The molecule has 5 rings (SSSR count). The van der Waals surface area contributed by atoms with Crippen molar-refractivity contribution in [1.29, 1.82) is 0 Å². The molecular formula is C16H19ClOS. The average Bonchev–Trinajstić information content (AvgIpc) is 2.67. The van der Waals surface area contributed by atoms with E-state index in [1.165, 1.54) is 30.6 Å². The Labute approximate surface area is 123 Å². The number of Topliss-reactive ketones (excluding diaryl/α,β-unsaturated/α-hetero) is 1. The number of halogens is 1. The van der Waals surface area contributed by atoms with Gasteiger partial charge in [0.25, 0.3) is 0 Å². The summed E-state index contributed by atoms with van der Waals surface area (Å²) in [6.45, 7) is 2.00. The minimum atomic E-state index is -0.0185. The highest BCUT2D eigenvalue weighted by atomic mass is 35.5. The molecule has 19 heavy (non-hydrogen) atoms. The monoisotopic (exact) mass is 294 g/mol. The van der Waals surface area contributed by atoms with Crippen LogP contribution >= 0.6 is 22.9 Å². The molecule has 3 heteroatoms. The zero-order valence-electron chi connectivity index (χ0n) is 11.2. The van der Waals surface area contributed by atoms with E-state index in [1.54, 1.807) is 0 Å². The lowest BCUT2D eigenvalue weighted by molar-refractivity contribution is -0.0350. The summed E-state index contributed by atoms with van der Waals surface area (Å²) in [6, 6.07) is 2.01. The van der Waals surface area contributed by atoms with E-state index in [-0.39, 0.29) is 5.41 Å². The van der Waals surface area contributed by atoms with Gasteiger partial charge in [0.2, 0.25) is 0 Å². The summed E-state index contributed by atoms with van der Waals surface area (Å²) < 4.78 is 0.785. The normalized spacial score (nSPS) is 39.8. The standard InChI is InChI=1S/C16H19ClOS/c1-9-2-13(19-15(9)17)14(18)16-6-10-3-11(7-16)5-12(4-10)8-16/h2,10-12H,3-8H2,1H3. The second-order valence-corrected chi connectivity index (χ2v) is 8.75. The molecule has 0 atom stereocenters. The lowest BCUT2D eigenvalue weighted by atomic mass is 9.48. The van der Waals surface area contributed by atoms with Gasteiger partial charge in [0.1, 0.15) is 0 Å². The zero-order valence-corrected chi connectivity index (χ0v) is 12.8. The molecule has 4 aliphatic rings. The number of carbonyl (C=O) groups is 1. The van der Waals surface area contributed by atoms with Gasteiger partial charge in [0.05, 0.1) is 9.21 Å². The van der Waals surface area contributed by atoms with Crippen molar-refractivity contribution in [2.24, 2.45) is 23.2 Å². The molecule has 1 heterocycles. The van der Waals surface area contributed by atoms with Crippen LogP contribution in [-0.2, 0) is 0 Å². The third-order valence-electron chi connectivity index (χ3n) is 5.60. The van der Waals surface area contributed by atoms with Gasteiger partial charge < -0.3 is 0 Å². The Bertz CT molecular complexity index is 490. The smallest absolute Gasteiger partial charge is 0.178 e. The molecular weight excluding hydrogens is 276 g/mol. The van der Waals surface area contributed by atoms with Crippen molar-refractivity contribution < 1.29 is 4.79 Å². The lowest BCUT2D eigenvalue weighted by Gasteiger charge is -2.55. The molecule has 1 aromatic heterocycles. The van der Waals surface area contributed by atoms with Crippen LogP contribution in [0.3, 0.4) is 0 Å². The fourth-order valence-corrected chi connectivity index (χ4v) is 6.48. The largest absolute Gasteiger partial charge is 0.293 e. The zero-order chi connectivity index (χ0) is 13.2. The molecule has 1 aromatic rings. The number of hydrogen-bond donors (Lipinski definition) is 0. The Morgan fingerprint density at radius 1 is 1.21 bits per heavy atom. The van der Waals surface area contributed by atoms with Gasteiger partial charge in [-0.1, -0.05) is 11.6 Å². The topological polar surface area (TPSA) is 17.1 Å². The van der Waals surface area contributed by atoms with E-state index in [0.717, 1.165) is 51.8 Å². The Hall–Kier alpha value is -0.340. The molecule has 1 nitrogen and oxygen atoms in total. The van der Waals surface area contributed by atoms with E-state index in [2.05, 4.69) is 0 Å². The van der Waals surface area contributed by atoms with Crippen molar-refractivity contribution in [2.45, 2.75) is 45.4 Å². The van der Waals surface area contributed by atoms with Crippen molar-refractivity contribution >= 4 is 28.7 Å². The first-order chi connectivity index (χ1) is 9.06. The van der Waals surface area contributed by atoms with Gasteiger partial charge in [0.15, 0.2) is 5.78 Å². The molecule has 0 aromatic carbocycles. The van der Waals surface area contributed by atoms with Gasteiger partial charge in [-0.3, -0.25) is 4.79 Å². The van der Waals surface area contributed by atoms with Crippen molar-refractivity contribution in [3.8, 4) is 0 Å². The lowest BCUT2D eigenvalue weighted by Crippen LogP contribution is -2.49. The molecule has 0 amide bonds. The number of aryl methyl sites for hydroxylation is 1. The molecule has 4 saturated carbocycles. The van der Waals surface area contributed by atoms with Gasteiger partial charge >= 0.3 is 0 Å². The van der Waals surface area contributed by atoms with Crippen LogP contribution in [0.5, 0.6) is 0 Å². The summed E-state index contributed by atoms with van der Waals surface area (Å²) in [7, 11) is 0. The van der Waals surface area contributed by atoms with Crippen molar-refractivity contribution in [3.63, 3.8) is 0 Å². The summed E-state index contributed by atoms with van der Waals surface area (Å²) in [4.78, 5) is 13.9. The van der Waals surface area contributed by atoms with E-state index in [0.29, 0.717) is 5.78 Å². The van der Waals surface area contributed by atoms with Gasteiger partial charge in [-0.15, -0.1) is 11.3 Å². The van der Waals surface area contributed by atoms with Crippen LogP contribution in [0.4, 0.5) is 0 Å². The summed E-state index contributed by atoms with van der Waals surface area (Å²) in [5.74, 6) is 2.89. The summed E-state index contributed by atoms with van der Waals surface area (Å²) in [5, 5.41) is 0. The molecule has 4 fully saturated rings. The molecule has 102 valence electrons. The maximum Gasteiger partial charge on any atom is 0.178 e. The molecule has 0 unspecified atom stereocenters. The maximum absolute atomic E-state index is 13.0. The molecule has 0 N–H and O–H groups in total. The maximum atomic E-state index is 13.0. The molecule has 0 spiro atoms. The van der Waals surface area contributed by atoms with E-state index in [1.807, 2.05) is 13.0 Å². The molecule has 0 saturated heterocycles. The number of carbonyl (C=O) groups excluding carboxylic acids is 1. The van der Waals surface area contributed by atoms with E-state index < -0.39 is 0 Å². The van der Waals surface area contributed by atoms with Crippen LogP contribution in [0.2, 0.25) is 4.34 Å². The molecule has 0 radical (unpaired) electrons. The van der Waals surface area contributed by atoms with Crippen molar-refractivity contribution in [3.05, 3.63) is 20.8 Å². The Balaban J connectivity index is 1.69. The molecule has 4 aliphatic carbocycles. The highest BCUT2D eigenvalue weighted by molar-refractivity contribution is 7.18. The second kappa shape index (κ2) is 4.08. The summed E-state index contributed by atoms with van der Waals surface area (Å²) >= 11 is 7.63. The minimum absolute atomic E-state index is 0.0185. The van der Waals surface area contributed by atoms with Gasteiger partial charge in [-0.25, -0.2) is 0 Å². The minimum Gasteiger partial charge on any atom is -0.293 e. The first-order valence-electron chi connectivity index (χ1n) is 7.36. The first-order valence-corrected chi connectivity index (χ1v) is 8.56. The van der Waals surface area contributed by atoms with Gasteiger partial charge in [-0.2, -0.15) is 0 Å². The highest BCUT2D eigenvalue weighted by Gasteiger charge is 2.54. The van der Waals surface area contributed by atoms with Crippen LogP contribution < -0.4 is 0 Å². The van der Waals surface area contributed by atoms with Crippen LogP contribution in [0.25, 0.3) is 0 Å². The quantitative estimate of drug-likeness (QED) is 0.693. The second-order valence-electron chi connectivity index (χ2n) is 7.09. The van der Waals surface area contributed by atoms with E-state index in [4.69, 9.17) is 11.6 Å². The summed E-state index contributed by atoms with van der Waals surface area (Å²) in [6.07, 6.45) is 7.59. The average molecular weight is 295 g/mol. The predicted octanol–water partition coefficient (Wildman–Crippen LogP) is 5.11. The SMILES string of the molecule is Cc1cc(C(=O)C23CC4CC(CC(C4)C2)C3)sc1Cl. The fraction of sp³-hybridized carbons (Fsp3) is 0.688. The first kappa shape index (κ1) is 12.4. The van der Waals surface area contributed by atoms with Crippen LogP contribution in [0.15, 0.2) is 6.07 Å². The van der Waals surface area contributed by atoms with Crippen LogP contribution in [0.1, 0.15) is 53.8 Å². The fourth-order valence-electron chi connectivity index (χ4n) is 5.22. The Kier molecular flexibility index (Phi) is 2.66. The Morgan fingerprint density at radius 2 is 1.74 bits per heavy atom. The van der Waals surface area contributed by atoms with Gasteiger partial charge in [-0.05, 0) is 74.8 Å². The predicted molar refractivity (Wildman–Crippen MR) is 79.0 cm³/mol. The number of thiophene rings is 1. The number of hydrogen-bond acceptors (Lipinski definition) is 2. The van der Waals surface area contributed by atoms with E-state index in [9.17, 15) is 4.79 Å². The summed E-state index contributed by atoms with van der Waals surface area (Å²) in [5.41, 5.74) is 1.04. The number of ketones is 1. The van der Waals surface area contributed by atoms with Crippen molar-refractivity contribution in [1.82, 2.24) is 0 Å². The van der Waals surface area contributed by atoms with Crippen LogP contribution in [0, 0.1) is 30.1 Å². The molecule has 4 bridgehead atoms. The van der Waals surface area contributed by atoms with Crippen molar-refractivity contribution in [2.75, 3.05) is 0 Å². The third kappa shape index (κ3) is 1.83. The van der Waals surface area contributed by atoms with E-state index >= 15 is 0 Å². The highest BCUT2D eigenvalue weighted by Crippen LogP contribution is 2.61. The van der Waals surface area contributed by atoms with Crippen LogP contribution in [-0.4, -0.2) is 5.78 Å². The Morgan fingerprint density at radius 3 is 2.16 bits per heavy atom. The van der Waals surface area contributed by atoms with Gasteiger partial charge in [0, 0.05) is 5.41 Å². The molecule has 0 aliphatic heterocycles. The number of rotatable bonds is 2.